The second-order valence-corrected chi connectivity index (χ2v) is 6.55. The summed E-state index contributed by atoms with van der Waals surface area (Å²) < 4.78 is 2.20. The Bertz CT molecular complexity index is 908. The van der Waals surface area contributed by atoms with Crippen LogP contribution in [-0.4, -0.2) is 21.0 Å². The number of imidazole rings is 1. The lowest BCUT2D eigenvalue weighted by Crippen LogP contribution is -2.30. The molecule has 132 valence electrons. The van der Waals surface area contributed by atoms with Crippen LogP contribution in [0.2, 0.25) is 0 Å². The van der Waals surface area contributed by atoms with Gasteiger partial charge in [0.05, 0.1) is 23.7 Å². The van der Waals surface area contributed by atoms with E-state index >= 15 is 0 Å². The molecule has 2 aromatic carbocycles. The Morgan fingerprint density at radius 2 is 1.77 bits per heavy atom. The molecule has 0 aliphatic carbocycles. The maximum Gasteiger partial charge on any atom is 0.0991 e. The monoisotopic (exact) mass is 364 g/mol. The lowest BCUT2D eigenvalue weighted by molar-refractivity contribution is 0.240. The molecule has 0 fully saturated rings. The van der Waals surface area contributed by atoms with Gasteiger partial charge in [-0.3, -0.25) is 4.90 Å². The summed E-state index contributed by atoms with van der Waals surface area (Å²) in [6.45, 7) is 3.77. The van der Waals surface area contributed by atoms with Crippen molar-refractivity contribution in [2.24, 2.45) is 0 Å². The standard InChI is InChI=1S/C21H20N4.ClH/c22-11-17-5-7-18(8-6-17)13-25-16-23-12-21(25)15-24-10-9-19-3-1-2-4-20(19)14-24;/h1-8,12,16H,9-10,13-15H2;1H. The third-order valence-corrected chi connectivity index (χ3v) is 4.83. The van der Waals surface area contributed by atoms with Crippen LogP contribution in [0.5, 0.6) is 0 Å². The van der Waals surface area contributed by atoms with Crippen LogP contribution in [0.25, 0.3) is 0 Å². The fourth-order valence-electron chi connectivity index (χ4n) is 3.42. The van der Waals surface area contributed by atoms with E-state index in [9.17, 15) is 0 Å². The van der Waals surface area contributed by atoms with Gasteiger partial charge in [-0.15, -0.1) is 12.4 Å². The number of rotatable bonds is 4. The van der Waals surface area contributed by atoms with Crippen molar-refractivity contribution in [2.75, 3.05) is 6.54 Å². The van der Waals surface area contributed by atoms with Crippen LogP contribution < -0.4 is 0 Å². The van der Waals surface area contributed by atoms with Crippen molar-refractivity contribution in [1.29, 1.82) is 5.26 Å². The van der Waals surface area contributed by atoms with Crippen molar-refractivity contribution in [1.82, 2.24) is 14.5 Å². The molecular weight excluding hydrogens is 344 g/mol. The predicted molar refractivity (Wildman–Crippen MR) is 104 cm³/mol. The van der Waals surface area contributed by atoms with Gasteiger partial charge in [-0.05, 0) is 35.2 Å². The molecule has 0 N–H and O–H groups in total. The van der Waals surface area contributed by atoms with E-state index in [2.05, 4.69) is 44.8 Å². The van der Waals surface area contributed by atoms with Crippen molar-refractivity contribution in [2.45, 2.75) is 26.1 Å². The molecule has 0 amide bonds. The van der Waals surface area contributed by atoms with E-state index in [1.54, 1.807) is 0 Å². The van der Waals surface area contributed by atoms with Gasteiger partial charge in [0, 0.05) is 32.4 Å². The van der Waals surface area contributed by atoms with E-state index in [0.717, 1.165) is 32.6 Å². The van der Waals surface area contributed by atoms with Crippen molar-refractivity contribution in [3.63, 3.8) is 0 Å². The fraction of sp³-hybridized carbons (Fsp3) is 0.238. The van der Waals surface area contributed by atoms with Crippen LogP contribution in [0.1, 0.15) is 27.9 Å². The zero-order valence-corrected chi connectivity index (χ0v) is 15.3. The number of benzene rings is 2. The second kappa shape index (κ2) is 8.18. The van der Waals surface area contributed by atoms with E-state index in [1.165, 1.54) is 22.4 Å². The average Bonchev–Trinajstić information content (AvgIpc) is 3.09. The van der Waals surface area contributed by atoms with Crippen LogP contribution in [0, 0.1) is 11.3 Å². The summed E-state index contributed by atoms with van der Waals surface area (Å²) >= 11 is 0. The van der Waals surface area contributed by atoms with Gasteiger partial charge in [0.1, 0.15) is 0 Å². The minimum absolute atomic E-state index is 0. The normalized spacial score (nSPS) is 13.5. The molecule has 2 heterocycles. The largest absolute Gasteiger partial charge is 0.329 e. The highest BCUT2D eigenvalue weighted by molar-refractivity contribution is 5.85. The maximum atomic E-state index is 8.91. The van der Waals surface area contributed by atoms with Gasteiger partial charge in [-0.25, -0.2) is 4.98 Å². The zero-order chi connectivity index (χ0) is 17.1. The SMILES string of the molecule is Cl.N#Cc1ccc(Cn2cncc2CN2CCc3ccccc3C2)cc1. The summed E-state index contributed by atoms with van der Waals surface area (Å²) in [5, 5.41) is 8.91. The van der Waals surface area contributed by atoms with Gasteiger partial charge in [0.2, 0.25) is 0 Å². The first-order valence-corrected chi connectivity index (χ1v) is 8.59. The van der Waals surface area contributed by atoms with E-state index in [0.29, 0.717) is 5.56 Å². The first-order valence-electron chi connectivity index (χ1n) is 8.59. The average molecular weight is 365 g/mol. The van der Waals surface area contributed by atoms with Gasteiger partial charge < -0.3 is 4.57 Å². The molecule has 1 aliphatic rings. The van der Waals surface area contributed by atoms with Crippen LogP contribution in [0.15, 0.2) is 61.1 Å². The Balaban J connectivity index is 0.00000196. The first kappa shape index (κ1) is 18.2. The van der Waals surface area contributed by atoms with Crippen LogP contribution in [0.3, 0.4) is 0 Å². The van der Waals surface area contributed by atoms with Gasteiger partial charge in [0.25, 0.3) is 0 Å². The second-order valence-electron chi connectivity index (χ2n) is 6.55. The molecule has 0 saturated carbocycles. The lowest BCUT2D eigenvalue weighted by atomic mass is 10.00. The van der Waals surface area contributed by atoms with Crippen molar-refractivity contribution in [3.8, 4) is 6.07 Å². The molecule has 0 atom stereocenters. The Morgan fingerprint density at radius 1 is 1.00 bits per heavy atom. The molecule has 0 saturated heterocycles. The van der Waals surface area contributed by atoms with Crippen LogP contribution >= 0.6 is 12.4 Å². The Labute approximate surface area is 160 Å². The fourth-order valence-corrected chi connectivity index (χ4v) is 3.42. The Kier molecular flexibility index (Phi) is 5.72. The Morgan fingerprint density at radius 3 is 2.54 bits per heavy atom. The minimum atomic E-state index is 0. The molecule has 0 radical (unpaired) electrons. The maximum absolute atomic E-state index is 8.91. The van der Waals surface area contributed by atoms with Gasteiger partial charge in [-0.1, -0.05) is 36.4 Å². The summed E-state index contributed by atoms with van der Waals surface area (Å²) in [5.74, 6) is 0. The molecule has 5 heteroatoms. The van der Waals surface area contributed by atoms with Gasteiger partial charge in [0.15, 0.2) is 0 Å². The van der Waals surface area contributed by atoms with Gasteiger partial charge in [-0.2, -0.15) is 5.26 Å². The third kappa shape index (κ3) is 3.96. The summed E-state index contributed by atoms with van der Waals surface area (Å²) in [7, 11) is 0. The van der Waals surface area contributed by atoms with Crippen molar-refractivity contribution < 1.29 is 0 Å². The highest BCUT2D eigenvalue weighted by Gasteiger charge is 2.17. The third-order valence-electron chi connectivity index (χ3n) is 4.83. The highest BCUT2D eigenvalue weighted by Crippen LogP contribution is 2.20. The molecular formula is C21H21ClN4. The first-order chi connectivity index (χ1) is 12.3. The molecule has 3 aromatic rings. The molecule has 0 spiro atoms. The number of aromatic nitrogens is 2. The minimum Gasteiger partial charge on any atom is -0.329 e. The number of nitriles is 1. The van der Waals surface area contributed by atoms with Crippen LogP contribution in [0.4, 0.5) is 0 Å². The Hall–Kier alpha value is -2.61. The summed E-state index contributed by atoms with van der Waals surface area (Å²) in [4.78, 5) is 6.83. The summed E-state index contributed by atoms with van der Waals surface area (Å²) in [6.07, 6.45) is 4.97. The lowest BCUT2D eigenvalue weighted by Gasteiger charge is -2.28. The highest BCUT2D eigenvalue weighted by atomic mass is 35.5. The van der Waals surface area contributed by atoms with Crippen molar-refractivity contribution in [3.05, 3.63) is 89.0 Å². The number of hydrogen-bond donors (Lipinski definition) is 0. The number of halogens is 1. The van der Waals surface area contributed by atoms with Crippen LogP contribution in [-0.2, 0) is 26.1 Å². The van der Waals surface area contributed by atoms with Crippen molar-refractivity contribution >= 4 is 12.4 Å². The van der Waals surface area contributed by atoms with E-state index in [4.69, 9.17) is 5.26 Å². The van der Waals surface area contributed by atoms with E-state index in [-0.39, 0.29) is 12.4 Å². The molecule has 1 aliphatic heterocycles. The van der Waals surface area contributed by atoms with E-state index in [1.807, 2.05) is 36.8 Å². The number of hydrogen-bond acceptors (Lipinski definition) is 3. The molecule has 0 unspecified atom stereocenters. The summed E-state index contributed by atoms with van der Waals surface area (Å²) in [5.41, 5.74) is 6.02. The zero-order valence-electron chi connectivity index (χ0n) is 14.5. The topological polar surface area (TPSA) is 44.9 Å². The number of fused-ring (bicyclic) bond motifs is 1. The number of nitrogens with zero attached hydrogens (tertiary/aromatic N) is 4. The molecule has 4 nitrogen and oxygen atoms in total. The summed E-state index contributed by atoms with van der Waals surface area (Å²) in [6, 6.07) is 18.6. The molecule has 4 rings (SSSR count). The predicted octanol–water partition coefficient (Wildman–Crippen LogP) is 3.78. The quantitative estimate of drug-likeness (QED) is 0.707. The molecule has 0 bridgehead atoms. The van der Waals surface area contributed by atoms with E-state index < -0.39 is 0 Å². The van der Waals surface area contributed by atoms with Gasteiger partial charge >= 0.3 is 0 Å². The molecule has 1 aromatic heterocycles. The smallest absolute Gasteiger partial charge is 0.0991 e. The molecule has 26 heavy (non-hydrogen) atoms.